The zero-order chi connectivity index (χ0) is 9.97. The fraction of sp³-hybridized carbons (Fsp3) is 0.167. The molecule has 14 heavy (non-hydrogen) atoms. The van der Waals surface area contributed by atoms with E-state index in [4.69, 9.17) is 23.2 Å². The molecule has 0 radical (unpaired) electrons. The Morgan fingerprint density at radius 2 is 1.29 bits per heavy atom. The number of hydrogen-bond donors (Lipinski definition) is 0. The average Bonchev–Trinajstić information content (AvgIpc) is 2.27. The van der Waals surface area contributed by atoms with Crippen LogP contribution in [0.4, 0.5) is 0 Å². The number of hydrogen-bond acceptors (Lipinski definition) is 0. The van der Waals surface area contributed by atoms with E-state index < -0.39 is 0 Å². The molecule has 2 rings (SSSR count). The van der Waals surface area contributed by atoms with Gasteiger partial charge in [-0.1, -0.05) is 36.4 Å². The molecule has 0 bridgehead atoms. The quantitative estimate of drug-likeness (QED) is 0.667. The Hall–Kier alpha value is -0.720. The Bertz CT molecular complexity index is 410. The summed E-state index contributed by atoms with van der Waals surface area (Å²) >= 11 is 11.8. The average molecular weight is 225 g/mol. The molecule has 72 valence electrons. The van der Waals surface area contributed by atoms with Crippen molar-refractivity contribution >= 4 is 34.0 Å². The summed E-state index contributed by atoms with van der Waals surface area (Å²) in [6.07, 6.45) is 0. The van der Waals surface area contributed by atoms with Crippen molar-refractivity contribution in [2.75, 3.05) is 0 Å². The maximum absolute atomic E-state index is 5.89. The lowest BCUT2D eigenvalue weighted by atomic mass is 10.0. The van der Waals surface area contributed by atoms with Gasteiger partial charge >= 0.3 is 0 Å². The number of fused-ring (bicyclic) bond motifs is 1. The molecule has 0 spiro atoms. The Morgan fingerprint density at radius 3 is 1.71 bits per heavy atom. The van der Waals surface area contributed by atoms with Crippen molar-refractivity contribution in [1.29, 1.82) is 0 Å². The maximum Gasteiger partial charge on any atom is 0.0480 e. The molecule has 2 aromatic carbocycles. The SMILES string of the molecule is ClCc1cccc2cccc(CCl)c12. The lowest BCUT2D eigenvalue weighted by Crippen LogP contribution is -1.87. The number of benzene rings is 2. The monoisotopic (exact) mass is 224 g/mol. The fourth-order valence-electron chi connectivity index (χ4n) is 1.72. The van der Waals surface area contributed by atoms with Crippen LogP contribution in [0, 0.1) is 0 Å². The van der Waals surface area contributed by atoms with Crippen molar-refractivity contribution in [3.8, 4) is 0 Å². The first-order chi connectivity index (χ1) is 6.86. The van der Waals surface area contributed by atoms with Gasteiger partial charge in [-0.25, -0.2) is 0 Å². The summed E-state index contributed by atoms with van der Waals surface area (Å²) < 4.78 is 0. The molecule has 0 nitrogen and oxygen atoms in total. The maximum atomic E-state index is 5.89. The smallest absolute Gasteiger partial charge is 0.0480 e. The highest BCUT2D eigenvalue weighted by molar-refractivity contribution is 6.19. The van der Waals surface area contributed by atoms with Crippen molar-refractivity contribution in [2.45, 2.75) is 11.8 Å². The summed E-state index contributed by atoms with van der Waals surface area (Å²) in [5, 5.41) is 2.42. The Kier molecular flexibility index (Phi) is 2.95. The van der Waals surface area contributed by atoms with E-state index in [2.05, 4.69) is 12.1 Å². The summed E-state index contributed by atoms with van der Waals surface area (Å²) in [5.41, 5.74) is 2.31. The molecular weight excluding hydrogens is 215 g/mol. The highest BCUT2D eigenvalue weighted by atomic mass is 35.5. The van der Waals surface area contributed by atoms with Gasteiger partial charge in [0.25, 0.3) is 0 Å². The molecule has 0 aromatic heterocycles. The van der Waals surface area contributed by atoms with Gasteiger partial charge in [0.1, 0.15) is 0 Å². The molecule has 0 heterocycles. The van der Waals surface area contributed by atoms with Crippen molar-refractivity contribution in [1.82, 2.24) is 0 Å². The van der Waals surface area contributed by atoms with Crippen LogP contribution in [-0.2, 0) is 11.8 Å². The third-order valence-corrected chi connectivity index (χ3v) is 2.94. The summed E-state index contributed by atoms with van der Waals surface area (Å²) in [6.45, 7) is 0. The van der Waals surface area contributed by atoms with Gasteiger partial charge in [0.15, 0.2) is 0 Å². The molecule has 0 aliphatic heterocycles. The zero-order valence-corrected chi connectivity index (χ0v) is 9.15. The van der Waals surface area contributed by atoms with E-state index in [9.17, 15) is 0 Å². The predicted octanol–water partition coefficient (Wildman–Crippen LogP) is 4.32. The largest absolute Gasteiger partial charge is 0.122 e. The van der Waals surface area contributed by atoms with Crippen molar-refractivity contribution < 1.29 is 0 Å². The summed E-state index contributed by atoms with van der Waals surface area (Å²) in [6, 6.07) is 12.3. The molecule has 2 aromatic rings. The van der Waals surface area contributed by atoms with Gasteiger partial charge in [-0.3, -0.25) is 0 Å². The number of alkyl halides is 2. The first-order valence-electron chi connectivity index (χ1n) is 4.48. The minimum absolute atomic E-state index is 0.533. The Morgan fingerprint density at radius 1 is 0.786 bits per heavy atom. The van der Waals surface area contributed by atoms with Crippen molar-refractivity contribution in [3.05, 3.63) is 47.5 Å². The van der Waals surface area contributed by atoms with Crippen molar-refractivity contribution in [3.63, 3.8) is 0 Å². The molecular formula is C12H10Cl2. The lowest BCUT2D eigenvalue weighted by Gasteiger charge is -2.07. The molecule has 0 N–H and O–H groups in total. The number of halogens is 2. The van der Waals surface area contributed by atoms with Crippen LogP contribution in [0.2, 0.25) is 0 Å². The van der Waals surface area contributed by atoms with E-state index in [1.54, 1.807) is 0 Å². The van der Waals surface area contributed by atoms with E-state index >= 15 is 0 Å². The second-order valence-corrected chi connectivity index (χ2v) is 3.73. The summed E-state index contributed by atoms with van der Waals surface area (Å²) in [7, 11) is 0. The second-order valence-electron chi connectivity index (χ2n) is 3.20. The summed E-state index contributed by atoms with van der Waals surface area (Å²) in [4.78, 5) is 0. The van der Waals surface area contributed by atoms with Gasteiger partial charge in [0.2, 0.25) is 0 Å². The number of rotatable bonds is 2. The minimum Gasteiger partial charge on any atom is -0.122 e. The van der Waals surface area contributed by atoms with E-state index in [0.29, 0.717) is 11.8 Å². The molecule has 0 unspecified atom stereocenters. The highest BCUT2D eigenvalue weighted by Gasteiger charge is 2.03. The van der Waals surface area contributed by atoms with Gasteiger partial charge in [-0.2, -0.15) is 0 Å². The molecule has 0 fully saturated rings. The third kappa shape index (κ3) is 1.60. The van der Waals surface area contributed by atoms with Crippen LogP contribution >= 0.6 is 23.2 Å². The van der Waals surface area contributed by atoms with E-state index in [1.807, 2.05) is 24.3 Å². The van der Waals surface area contributed by atoms with Crippen LogP contribution in [-0.4, -0.2) is 0 Å². The minimum atomic E-state index is 0.533. The molecule has 0 atom stereocenters. The topological polar surface area (TPSA) is 0 Å². The van der Waals surface area contributed by atoms with E-state index in [1.165, 1.54) is 10.8 Å². The molecule has 0 aliphatic rings. The van der Waals surface area contributed by atoms with Crippen LogP contribution in [0.3, 0.4) is 0 Å². The standard InChI is InChI=1S/C12H10Cl2/c13-7-10-5-1-3-9-4-2-6-11(8-14)12(9)10/h1-6H,7-8H2. The Balaban J connectivity index is 2.81. The third-order valence-electron chi connectivity index (χ3n) is 2.37. The predicted molar refractivity (Wildman–Crippen MR) is 63.1 cm³/mol. The van der Waals surface area contributed by atoms with Gasteiger partial charge in [-0.05, 0) is 21.9 Å². The highest BCUT2D eigenvalue weighted by Crippen LogP contribution is 2.25. The van der Waals surface area contributed by atoms with Gasteiger partial charge in [0, 0.05) is 11.8 Å². The first-order valence-corrected chi connectivity index (χ1v) is 5.55. The molecule has 2 heteroatoms. The molecule has 0 aliphatic carbocycles. The molecule has 0 amide bonds. The van der Waals surface area contributed by atoms with Crippen LogP contribution in [0.5, 0.6) is 0 Å². The first kappa shape index (κ1) is 9.82. The normalized spacial score (nSPS) is 10.7. The molecule has 0 saturated carbocycles. The second kappa shape index (κ2) is 4.20. The van der Waals surface area contributed by atoms with Crippen LogP contribution in [0.15, 0.2) is 36.4 Å². The molecule has 0 saturated heterocycles. The Labute approximate surface area is 93.4 Å². The fourth-order valence-corrected chi connectivity index (χ4v) is 2.17. The zero-order valence-electron chi connectivity index (χ0n) is 7.63. The van der Waals surface area contributed by atoms with Gasteiger partial charge in [0.05, 0.1) is 0 Å². The van der Waals surface area contributed by atoms with Crippen LogP contribution < -0.4 is 0 Å². The van der Waals surface area contributed by atoms with E-state index in [0.717, 1.165) is 11.1 Å². The van der Waals surface area contributed by atoms with Crippen LogP contribution in [0.25, 0.3) is 10.8 Å². The lowest BCUT2D eigenvalue weighted by molar-refractivity contribution is 1.39. The van der Waals surface area contributed by atoms with E-state index in [-0.39, 0.29) is 0 Å². The van der Waals surface area contributed by atoms with Crippen LogP contribution in [0.1, 0.15) is 11.1 Å². The van der Waals surface area contributed by atoms with Gasteiger partial charge < -0.3 is 0 Å². The summed E-state index contributed by atoms with van der Waals surface area (Å²) in [5.74, 6) is 1.07. The van der Waals surface area contributed by atoms with Crippen molar-refractivity contribution in [2.24, 2.45) is 0 Å². The van der Waals surface area contributed by atoms with Gasteiger partial charge in [-0.15, -0.1) is 23.2 Å².